The van der Waals surface area contributed by atoms with Gasteiger partial charge in [-0.1, -0.05) is 0 Å². The third-order valence-electron chi connectivity index (χ3n) is 0.947. The van der Waals surface area contributed by atoms with E-state index in [0.29, 0.717) is 0 Å². The highest BCUT2D eigenvalue weighted by atomic mass is 19.1. The van der Waals surface area contributed by atoms with Crippen LogP contribution < -0.4 is 0 Å². The average molecular weight is 126 g/mol. The zero-order chi connectivity index (χ0) is 6.74. The molecule has 1 rings (SSSR count). The van der Waals surface area contributed by atoms with E-state index in [1.165, 1.54) is 31.8 Å². The lowest BCUT2D eigenvalue weighted by Crippen LogP contribution is -2.14. The normalized spacial score (nSPS) is 32.7. The Bertz CT molecular complexity index is 161. The predicted molar refractivity (Wildman–Crippen MR) is 35.6 cm³/mol. The number of hydrogen-bond acceptors (Lipinski definition) is 2. The summed E-state index contributed by atoms with van der Waals surface area (Å²) in [4.78, 5) is 7.19. The molecule has 2 nitrogen and oxygen atoms in total. The number of nitrogens with zero attached hydrogens (tertiary/aromatic N) is 2. The van der Waals surface area contributed by atoms with Gasteiger partial charge in [-0.15, -0.1) is 0 Å². The van der Waals surface area contributed by atoms with Gasteiger partial charge >= 0.3 is 0 Å². The van der Waals surface area contributed by atoms with Crippen molar-refractivity contribution in [2.45, 2.75) is 12.6 Å². The Morgan fingerprint density at radius 1 is 1.44 bits per heavy atom. The molecule has 0 unspecified atom stereocenters. The van der Waals surface area contributed by atoms with Crippen LogP contribution in [0.2, 0.25) is 0 Å². The molecule has 0 aromatic rings. The fourth-order valence-electron chi connectivity index (χ4n) is 0.488. The molecule has 0 aromatic carbocycles. The van der Waals surface area contributed by atoms with E-state index >= 15 is 0 Å². The number of allylic oxidation sites excluding steroid dienone is 1. The summed E-state index contributed by atoms with van der Waals surface area (Å²) in [6.07, 6.45) is 5.26. The van der Waals surface area contributed by atoms with Gasteiger partial charge in [-0.2, -0.15) is 0 Å². The maximum Gasteiger partial charge on any atom is 0.163 e. The largest absolute Gasteiger partial charge is 0.246 e. The Morgan fingerprint density at radius 3 is 3.00 bits per heavy atom. The molecule has 9 heavy (non-hydrogen) atoms. The number of alkyl halides is 1. The van der Waals surface area contributed by atoms with Crippen molar-refractivity contribution in [1.29, 1.82) is 0 Å². The SMILES string of the molecule is C[C@]1(F)C=CN=CN=C1. The smallest absolute Gasteiger partial charge is 0.163 e. The van der Waals surface area contributed by atoms with Gasteiger partial charge in [-0.05, 0) is 13.0 Å². The summed E-state index contributed by atoms with van der Waals surface area (Å²) in [5, 5.41) is 0. The summed E-state index contributed by atoms with van der Waals surface area (Å²) in [7, 11) is 0. The van der Waals surface area contributed by atoms with E-state index in [2.05, 4.69) is 9.98 Å². The van der Waals surface area contributed by atoms with Crippen molar-refractivity contribution < 1.29 is 4.39 Å². The lowest BCUT2D eigenvalue weighted by atomic mass is 10.1. The third kappa shape index (κ3) is 1.76. The van der Waals surface area contributed by atoms with Gasteiger partial charge < -0.3 is 0 Å². The Kier molecular flexibility index (Phi) is 1.42. The van der Waals surface area contributed by atoms with Gasteiger partial charge in [0, 0.05) is 12.4 Å². The molecule has 0 amide bonds. The van der Waals surface area contributed by atoms with Crippen LogP contribution in [0.5, 0.6) is 0 Å². The first-order chi connectivity index (χ1) is 4.21. The lowest BCUT2D eigenvalue weighted by molar-refractivity contribution is 0.362. The number of rotatable bonds is 0. The van der Waals surface area contributed by atoms with Gasteiger partial charge in [0.25, 0.3) is 0 Å². The van der Waals surface area contributed by atoms with Crippen LogP contribution in [0.1, 0.15) is 6.92 Å². The highest BCUT2D eigenvalue weighted by Crippen LogP contribution is 2.09. The Labute approximate surface area is 52.8 Å². The second-order valence-electron chi connectivity index (χ2n) is 2.01. The van der Waals surface area contributed by atoms with Crippen LogP contribution in [0.4, 0.5) is 4.39 Å². The van der Waals surface area contributed by atoms with Crippen LogP contribution in [-0.2, 0) is 0 Å². The number of hydrogen-bond donors (Lipinski definition) is 0. The van der Waals surface area contributed by atoms with Gasteiger partial charge in [0.15, 0.2) is 5.67 Å². The Morgan fingerprint density at radius 2 is 2.22 bits per heavy atom. The van der Waals surface area contributed by atoms with Crippen LogP contribution in [0.3, 0.4) is 0 Å². The second-order valence-corrected chi connectivity index (χ2v) is 2.01. The summed E-state index contributed by atoms with van der Waals surface area (Å²) in [6.45, 7) is 1.42. The van der Waals surface area contributed by atoms with Gasteiger partial charge in [0.05, 0.1) is 0 Å². The molecule has 0 N–H and O–H groups in total. The molecule has 48 valence electrons. The first-order valence-electron chi connectivity index (χ1n) is 2.63. The minimum atomic E-state index is -1.43. The van der Waals surface area contributed by atoms with Gasteiger partial charge in [-0.25, -0.2) is 14.4 Å². The fourth-order valence-corrected chi connectivity index (χ4v) is 0.488. The molecule has 0 radical (unpaired) electrons. The Balaban J connectivity index is 2.82. The molecule has 0 fully saturated rings. The monoisotopic (exact) mass is 126 g/mol. The summed E-state index contributed by atoms with van der Waals surface area (Å²) < 4.78 is 12.8. The van der Waals surface area contributed by atoms with Gasteiger partial charge in [-0.3, -0.25) is 0 Å². The molecule has 1 heterocycles. The van der Waals surface area contributed by atoms with Crippen molar-refractivity contribution in [3.8, 4) is 0 Å². The van der Waals surface area contributed by atoms with Crippen LogP contribution in [0, 0.1) is 0 Å². The van der Waals surface area contributed by atoms with Crippen molar-refractivity contribution in [3.63, 3.8) is 0 Å². The number of halogens is 1. The van der Waals surface area contributed by atoms with Crippen molar-refractivity contribution in [2.24, 2.45) is 9.98 Å². The molecule has 1 aliphatic rings. The lowest BCUT2D eigenvalue weighted by Gasteiger charge is -2.04. The molecule has 1 aliphatic heterocycles. The van der Waals surface area contributed by atoms with E-state index in [1.54, 1.807) is 0 Å². The molecular formula is C6H7FN2. The van der Waals surface area contributed by atoms with E-state index in [-0.39, 0.29) is 0 Å². The first-order valence-corrected chi connectivity index (χ1v) is 2.63. The molecule has 0 saturated heterocycles. The zero-order valence-corrected chi connectivity index (χ0v) is 5.08. The van der Waals surface area contributed by atoms with Gasteiger partial charge in [0.1, 0.15) is 6.34 Å². The maximum atomic E-state index is 12.8. The van der Waals surface area contributed by atoms with Crippen LogP contribution in [0.25, 0.3) is 0 Å². The molecule has 3 heteroatoms. The fraction of sp³-hybridized carbons (Fsp3) is 0.333. The first kappa shape index (κ1) is 6.13. The summed E-state index contributed by atoms with van der Waals surface area (Å²) >= 11 is 0. The quantitative estimate of drug-likeness (QED) is 0.468. The molecule has 0 saturated carbocycles. The molecule has 0 aromatic heterocycles. The summed E-state index contributed by atoms with van der Waals surface area (Å²) in [5.41, 5.74) is -1.43. The van der Waals surface area contributed by atoms with Crippen molar-refractivity contribution in [2.75, 3.05) is 0 Å². The molecule has 0 bridgehead atoms. The summed E-state index contributed by atoms with van der Waals surface area (Å²) in [6, 6.07) is 0. The maximum absolute atomic E-state index is 12.8. The average Bonchev–Trinajstić information content (AvgIpc) is 1.92. The standard InChI is InChI=1S/C6H7FN2/c1-6(7)2-3-8-5-9-4-6/h2-5H,1H3/t6-/m0/s1. The van der Waals surface area contributed by atoms with Gasteiger partial charge in [0.2, 0.25) is 0 Å². The highest BCUT2D eigenvalue weighted by molar-refractivity contribution is 5.80. The molecule has 0 aliphatic carbocycles. The molecule has 1 atom stereocenters. The summed E-state index contributed by atoms with van der Waals surface area (Å²) in [5.74, 6) is 0. The minimum absolute atomic E-state index is 1.21. The third-order valence-corrected chi connectivity index (χ3v) is 0.947. The molecular weight excluding hydrogens is 119 g/mol. The number of aliphatic imine (C=N–C) groups is 2. The van der Waals surface area contributed by atoms with E-state index in [0.717, 1.165) is 0 Å². The van der Waals surface area contributed by atoms with Crippen molar-refractivity contribution >= 4 is 12.6 Å². The van der Waals surface area contributed by atoms with E-state index < -0.39 is 5.67 Å². The topological polar surface area (TPSA) is 24.7 Å². The van der Waals surface area contributed by atoms with Crippen LogP contribution >= 0.6 is 0 Å². The Hall–Kier alpha value is -0.990. The second kappa shape index (κ2) is 2.09. The highest BCUT2D eigenvalue weighted by Gasteiger charge is 2.15. The minimum Gasteiger partial charge on any atom is -0.246 e. The molecule has 0 spiro atoms. The zero-order valence-electron chi connectivity index (χ0n) is 5.08. The van der Waals surface area contributed by atoms with Crippen LogP contribution in [-0.4, -0.2) is 18.2 Å². The van der Waals surface area contributed by atoms with E-state index in [1.807, 2.05) is 0 Å². The van der Waals surface area contributed by atoms with E-state index in [4.69, 9.17) is 0 Å². The van der Waals surface area contributed by atoms with Crippen molar-refractivity contribution in [3.05, 3.63) is 12.3 Å². The van der Waals surface area contributed by atoms with Crippen LogP contribution in [0.15, 0.2) is 22.3 Å². The predicted octanol–water partition coefficient (Wildman–Crippen LogP) is 1.34. The van der Waals surface area contributed by atoms with Crippen molar-refractivity contribution in [1.82, 2.24) is 0 Å². The van der Waals surface area contributed by atoms with E-state index in [9.17, 15) is 4.39 Å².